The van der Waals surface area contributed by atoms with Crippen LogP contribution in [0.15, 0.2) is 16.7 Å². The summed E-state index contributed by atoms with van der Waals surface area (Å²) in [6.07, 6.45) is 3.38. The van der Waals surface area contributed by atoms with Gasteiger partial charge in [-0.2, -0.15) is 8.78 Å². The molecule has 0 radical (unpaired) electrons. The number of rotatable bonds is 5. The molecule has 2 aromatic heterocycles. The van der Waals surface area contributed by atoms with E-state index in [2.05, 4.69) is 20.5 Å². The van der Waals surface area contributed by atoms with Crippen molar-refractivity contribution in [1.29, 1.82) is 0 Å². The van der Waals surface area contributed by atoms with Crippen LogP contribution in [0.1, 0.15) is 66.9 Å². The smallest absolute Gasteiger partial charge is 0.407 e. The first kappa shape index (κ1) is 19.8. The van der Waals surface area contributed by atoms with Crippen molar-refractivity contribution in [1.82, 2.24) is 25.4 Å². The lowest BCUT2D eigenvalue weighted by atomic mass is 9.89. The highest BCUT2D eigenvalue weighted by molar-refractivity contribution is 5.99. The molecule has 5 rings (SSSR count). The Labute approximate surface area is 176 Å². The number of aromatic nitrogens is 3. The second-order valence-electron chi connectivity index (χ2n) is 8.10. The number of fused-ring (bicyclic) bond motifs is 1. The summed E-state index contributed by atoms with van der Waals surface area (Å²) in [4.78, 5) is 31.4. The summed E-state index contributed by atoms with van der Waals surface area (Å²) in [5.74, 6) is -1.11. The minimum Gasteiger partial charge on any atom is -0.446 e. The van der Waals surface area contributed by atoms with Crippen molar-refractivity contribution in [3.05, 3.63) is 29.4 Å². The molecule has 1 N–H and O–H groups in total. The van der Waals surface area contributed by atoms with E-state index >= 15 is 0 Å². The molecule has 2 amide bonds. The Balaban J connectivity index is 1.33. The van der Waals surface area contributed by atoms with E-state index in [0.717, 1.165) is 38.5 Å². The average Bonchev–Trinajstić information content (AvgIpc) is 3.31. The Hall–Kier alpha value is -3.11. The first-order chi connectivity index (χ1) is 15.0. The van der Waals surface area contributed by atoms with Crippen LogP contribution in [0.25, 0.3) is 11.5 Å². The lowest BCUT2D eigenvalue weighted by Crippen LogP contribution is -2.53. The summed E-state index contributed by atoms with van der Waals surface area (Å²) in [7, 11) is 0. The van der Waals surface area contributed by atoms with Gasteiger partial charge >= 0.3 is 12.5 Å². The zero-order valence-electron chi connectivity index (χ0n) is 16.6. The number of nitrogens with one attached hydrogen (secondary N) is 1. The van der Waals surface area contributed by atoms with E-state index in [-0.39, 0.29) is 30.0 Å². The molecular weight excluding hydrogens is 412 g/mol. The minimum atomic E-state index is -2.87. The Morgan fingerprint density at radius 1 is 1.23 bits per heavy atom. The van der Waals surface area contributed by atoms with Crippen LogP contribution in [0.5, 0.6) is 0 Å². The lowest BCUT2D eigenvalue weighted by molar-refractivity contribution is 0.0585. The molecule has 9 nitrogen and oxygen atoms in total. The van der Waals surface area contributed by atoms with Crippen molar-refractivity contribution in [3.63, 3.8) is 0 Å². The number of ether oxygens (including phenoxy) is 1. The van der Waals surface area contributed by atoms with Gasteiger partial charge in [0.05, 0.1) is 35.4 Å². The van der Waals surface area contributed by atoms with Crippen LogP contribution in [0.3, 0.4) is 0 Å². The van der Waals surface area contributed by atoms with Crippen LogP contribution in [0, 0.1) is 0 Å². The maximum absolute atomic E-state index is 13.2. The highest BCUT2D eigenvalue weighted by Crippen LogP contribution is 2.33. The summed E-state index contributed by atoms with van der Waals surface area (Å²) in [5, 5.41) is 9.87. The third-order valence-electron chi connectivity index (χ3n) is 5.89. The average molecular weight is 433 g/mol. The van der Waals surface area contributed by atoms with E-state index < -0.39 is 18.4 Å². The maximum Gasteiger partial charge on any atom is 0.407 e. The molecule has 0 saturated heterocycles. The molecule has 2 atom stereocenters. The number of alkyl halides is 2. The quantitative estimate of drug-likeness (QED) is 0.771. The van der Waals surface area contributed by atoms with Crippen LogP contribution in [0.2, 0.25) is 0 Å². The third kappa shape index (κ3) is 3.96. The Kier molecular flexibility index (Phi) is 5.03. The van der Waals surface area contributed by atoms with E-state index in [1.807, 2.05) is 0 Å². The fraction of sp³-hybridized carbons (Fsp3) is 0.550. The van der Waals surface area contributed by atoms with Crippen molar-refractivity contribution in [2.75, 3.05) is 0 Å². The number of hydrogen-bond acceptors (Lipinski definition) is 7. The first-order valence-electron chi connectivity index (χ1n) is 10.4. The van der Waals surface area contributed by atoms with Crippen molar-refractivity contribution in [3.8, 4) is 11.5 Å². The highest BCUT2D eigenvalue weighted by Gasteiger charge is 2.40. The van der Waals surface area contributed by atoms with Crippen LogP contribution >= 0.6 is 0 Å². The molecular formula is C20H21F2N5O4. The molecule has 2 saturated carbocycles. The molecule has 0 unspecified atom stereocenters. The van der Waals surface area contributed by atoms with E-state index in [0.29, 0.717) is 23.4 Å². The number of pyridine rings is 1. The molecule has 1 aliphatic heterocycles. The molecule has 0 spiro atoms. The molecule has 3 aliphatic rings. The summed E-state index contributed by atoms with van der Waals surface area (Å²) < 4.78 is 35.7. The van der Waals surface area contributed by atoms with Gasteiger partial charge in [0.15, 0.2) is 0 Å². The minimum absolute atomic E-state index is 0.0117. The zero-order valence-corrected chi connectivity index (χ0v) is 16.6. The van der Waals surface area contributed by atoms with Gasteiger partial charge < -0.3 is 19.4 Å². The number of carbonyl (C=O) groups excluding carboxylic acids is 2. The predicted octanol–water partition coefficient (Wildman–Crippen LogP) is 3.22. The summed E-state index contributed by atoms with van der Waals surface area (Å²) in [6.45, 7) is 0.321. The lowest BCUT2D eigenvalue weighted by Gasteiger charge is -2.37. The van der Waals surface area contributed by atoms with Crippen LogP contribution < -0.4 is 5.32 Å². The second kappa shape index (κ2) is 7.86. The molecule has 3 heterocycles. The van der Waals surface area contributed by atoms with Crippen molar-refractivity contribution < 1.29 is 27.5 Å². The normalized spacial score (nSPS) is 23.2. The van der Waals surface area contributed by atoms with Gasteiger partial charge in [0.25, 0.3) is 11.8 Å². The van der Waals surface area contributed by atoms with Crippen molar-refractivity contribution in [2.45, 2.75) is 69.7 Å². The van der Waals surface area contributed by atoms with E-state index in [9.17, 15) is 18.4 Å². The maximum atomic E-state index is 13.2. The van der Waals surface area contributed by atoms with Gasteiger partial charge in [-0.15, -0.1) is 10.2 Å². The van der Waals surface area contributed by atoms with Gasteiger partial charge in [-0.1, -0.05) is 12.8 Å². The Bertz CT molecular complexity index is 1010. The molecule has 2 aliphatic carbocycles. The van der Waals surface area contributed by atoms with E-state index in [1.165, 1.54) is 6.20 Å². The van der Waals surface area contributed by atoms with E-state index in [4.69, 9.17) is 9.15 Å². The van der Waals surface area contributed by atoms with Crippen LogP contribution in [-0.4, -0.2) is 50.3 Å². The van der Waals surface area contributed by atoms with Gasteiger partial charge in [0, 0.05) is 6.20 Å². The third-order valence-corrected chi connectivity index (χ3v) is 5.89. The molecule has 31 heavy (non-hydrogen) atoms. The number of alkyl carbamates (subject to hydrolysis) is 1. The Morgan fingerprint density at radius 2 is 2.03 bits per heavy atom. The number of carbonyl (C=O) groups is 2. The van der Waals surface area contributed by atoms with Crippen molar-refractivity contribution >= 4 is 12.0 Å². The molecule has 11 heteroatoms. The SMILES string of the molecule is O=C(N[C@@H]1CCCC[C@H]1N1Cc2ncc(-c3nnc(C(F)F)o3)cc2C1=O)OC1CC1. The predicted molar refractivity (Wildman–Crippen MR) is 101 cm³/mol. The molecule has 164 valence electrons. The summed E-state index contributed by atoms with van der Waals surface area (Å²) in [5.41, 5.74) is 1.27. The topological polar surface area (TPSA) is 110 Å². The number of nitrogens with zero attached hydrogens (tertiary/aromatic N) is 4. The Morgan fingerprint density at radius 3 is 2.77 bits per heavy atom. The highest BCUT2D eigenvalue weighted by atomic mass is 19.3. The van der Waals surface area contributed by atoms with Gasteiger partial charge in [0.2, 0.25) is 5.89 Å². The van der Waals surface area contributed by atoms with E-state index in [1.54, 1.807) is 11.0 Å². The van der Waals surface area contributed by atoms with Gasteiger partial charge in [-0.3, -0.25) is 9.78 Å². The second-order valence-corrected chi connectivity index (χ2v) is 8.10. The van der Waals surface area contributed by atoms with Gasteiger partial charge in [-0.25, -0.2) is 4.79 Å². The fourth-order valence-corrected chi connectivity index (χ4v) is 4.19. The molecule has 0 bridgehead atoms. The van der Waals surface area contributed by atoms with Crippen LogP contribution in [0.4, 0.5) is 13.6 Å². The molecule has 2 aromatic rings. The van der Waals surface area contributed by atoms with Gasteiger partial charge in [-0.05, 0) is 31.7 Å². The van der Waals surface area contributed by atoms with Gasteiger partial charge in [0.1, 0.15) is 6.10 Å². The molecule has 2 fully saturated rings. The summed E-state index contributed by atoms with van der Waals surface area (Å²) in [6, 6.07) is 1.18. The number of amides is 2. The van der Waals surface area contributed by atoms with Crippen LogP contribution in [-0.2, 0) is 11.3 Å². The number of hydrogen-bond donors (Lipinski definition) is 1. The monoisotopic (exact) mass is 433 g/mol. The standard InChI is InChI=1S/C20H21F2N5O4/c21-16(22)18-26-25-17(31-18)10-7-12-14(23-8-10)9-27(19(12)28)15-4-2-1-3-13(15)24-20(29)30-11-5-6-11/h7-8,11,13,15-16H,1-6,9H2,(H,24,29)/t13-,15-/m1/s1. The first-order valence-corrected chi connectivity index (χ1v) is 10.4. The largest absolute Gasteiger partial charge is 0.446 e. The zero-order chi connectivity index (χ0) is 21.5. The number of halogens is 2. The molecule has 0 aromatic carbocycles. The summed E-state index contributed by atoms with van der Waals surface area (Å²) >= 11 is 0. The fourth-order valence-electron chi connectivity index (χ4n) is 4.19. The van der Waals surface area contributed by atoms with Crippen molar-refractivity contribution in [2.24, 2.45) is 0 Å².